The van der Waals surface area contributed by atoms with Crippen LogP contribution in [-0.4, -0.2) is 11.9 Å². The summed E-state index contributed by atoms with van der Waals surface area (Å²) in [5, 5.41) is 3.13. The molecule has 92 valence electrons. The molecule has 0 radical (unpaired) electrons. The molecule has 3 nitrogen and oxygen atoms in total. The Balaban J connectivity index is 2.04. The van der Waals surface area contributed by atoms with Crippen molar-refractivity contribution in [2.24, 2.45) is 5.41 Å². The Morgan fingerprint density at radius 3 is 2.53 bits per heavy atom. The molecule has 0 bridgehead atoms. The third-order valence-electron chi connectivity index (χ3n) is 3.74. The number of nitrogens with two attached hydrogens (primary N) is 1. The monoisotopic (exact) mass is 232 g/mol. The minimum Gasteiger partial charge on any atom is -0.399 e. The van der Waals surface area contributed by atoms with E-state index >= 15 is 0 Å². The topological polar surface area (TPSA) is 55.1 Å². The summed E-state index contributed by atoms with van der Waals surface area (Å²) in [4.78, 5) is 12.0. The van der Waals surface area contributed by atoms with E-state index in [1.807, 2.05) is 0 Å². The Morgan fingerprint density at radius 1 is 1.35 bits per heavy atom. The van der Waals surface area contributed by atoms with Crippen molar-refractivity contribution < 1.29 is 4.79 Å². The first kappa shape index (κ1) is 12.0. The van der Waals surface area contributed by atoms with E-state index < -0.39 is 0 Å². The summed E-state index contributed by atoms with van der Waals surface area (Å²) >= 11 is 0. The minimum absolute atomic E-state index is 0.00461. The maximum atomic E-state index is 12.0. The Hall–Kier alpha value is -1.51. The van der Waals surface area contributed by atoms with Gasteiger partial charge in [-0.05, 0) is 42.5 Å². The molecule has 1 amide bonds. The number of carbonyl (C=O) groups is 1. The van der Waals surface area contributed by atoms with Crippen molar-refractivity contribution >= 4 is 11.6 Å². The third kappa shape index (κ3) is 2.60. The van der Waals surface area contributed by atoms with E-state index in [1.54, 1.807) is 24.3 Å². The zero-order valence-corrected chi connectivity index (χ0v) is 10.5. The molecule has 0 aliphatic heterocycles. The molecule has 1 unspecified atom stereocenters. The molecule has 0 aromatic heterocycles. The van der Waals surface area contributed by atoms with Gasteiger partial charge in [0.15, 0.2) is 0 Å². The average Bonchev–Trinajstić information content (AvgIpc) is 2.59. The SMILES string of the molecule is CC1(C)CCCC1NC(=O)c1ccc(N)cc1. The lowest BCUT2D eigenvalue weighted by Crippen LogP contribution is -2.41. The van der Waals surface area contributed by atoms with Crippen molar-refractivity contribution in [2.75, 3.05) is 5.73 Å². The quantitative estimate of drug-likeness (QED) is 0.770. The molecule has 1 aliphatic carbocycles. The molecule has 1 aromatic rings. The Bertz CT molecular complexity index is 409. The van der Waals surface area contributed by atoms with E-state index in [0.29, 0.717) is 11.3 Å². The highest BCUT2D eigenvalue weighted by Crippen LogP contribution is 2.37. The van der Waals surface area contributed by atoms with E-state index in [9.17, 15) is 4.79 Å². The van der Waals surface area contributed by atoms with Crippen LogP contribution in [0.4, 0.5) is 5.69 Å². The summed E-state index contributed by atoms with van der Waals surface area (Å²) < 4.78 is 0. The number of hydrogen-bond donors (Lipinski definition) is 2. The number of hydrogen-bond acceptors (Lipinski definition) is 2. The van der Waals surface area contributed by atoms with E-state index in [1.165, 1.54) is 12.8 Å². The van der Waals surface area contributed by atoms with Crippen molar-refractivity contribution in [1.82, 2.24) is 5.32 Å². The molecule has 1 saturated carbocycles. The van der Waals surface area contributed by atoms with Crippen molar-refractivity contribution in [2.45, 2.75) is 39.2 Å². The number of amides is 1. The van der Waals surface area contributed by atoms with Crippen molar-refractivity contribution in [3.63, 3.8) is 0 Å². The fraction of sp³-hybridized carbons (Fsp3) is 0.500. The number of nitrogens with one attached hydrogen (secondary N) is 1. The molecule has 3 heteroatoms. The van der Waals surface area contributed by atoms with Gasteiger partial charge in [-0.3, -0.25) is 4.79 Å². The molecule has 1 aliphatic rings. The normalized spacial score (nSPS) is 22.4. The van der Waals surface area contributed by atoms with Crippen LogP contribution < -0.4 is 11.1 Å². The van der Waals surface area contributed by atoms with Crippen LogP contribution in [0.5, 0.6) is 0 Å². The largest absolute Gasteiger partial charge is 0.399 e. The predicted molar refractivity (Wildman–Crippen MR) is 69.7 cm³/mol. The fourth-order valence-electron chi connectivity index (χ4n) is 2.47. The van der Waals surface area contributed by atoms with Crippen molar-refractivity contribution in [3.8, 4) is 0 Å². The van der Waals surface area contributed by atoms with Gasteiger partial charge in [0.1, 0.15) is 0 Å². The van der Waals surface area contributed by atoms with Crippen LogP contribution in [-0.2, 0) is 0 Å². The van der Waals surface area contributed by atoms with Gasteiger partial charge in [-0.2, -0.15) is 0 Å². The zero-order chi connectivity index (χ0) is 12.5. The van der Waals surface area contributed by atoms with Crippen molar-refractivity contribution in [3.05, 3.63) is 29.8 Å². The smallest absolute Gasteiger partial charge is 0.251 e. The van der Waals surface area contributed by atoms with E-state index in [-0.39, 0.29) is 17.4 Å². The summed E-state index contributed by atoms with van der Waals surface area (Å²) in [6, 6.07) is 7.34. The first-order chi connectivity index (χ1) is 7.99. The minimum atomic E-state index is 0.00461. The standard InChI is InChI=1S/C14H20N2O/c1-14(2)9-3-4-12(14)16-13(17)10-5-7-11(15)8-6-10/h5-8,12H,3-4,9,15H2,1-2H3,(H,16,17). The van der Waals surface area contributed by atoms with E-state index in [0.717, 1.165) is 6.42 Å². The second-order valence-corrected chi connectivity index (χ2v) is 5.53. The molecule has 0 saturated heterocycles. The molecule has 17 heavy (non-hydrogen) atoms. The predicted octanol–water partition coefficient (Wildman–Crippen LogP) is 2.58. The maximum Gasteiger partial charge on any atom is 0.251 e. The van der Waals surface area contributed by atoms with Crippen LogP contribution in [0.3, 0.4) is 0 Å². The van der Waals surface area contributed by atoms with Gasteiger partial charge in [0, 0.05) is 17.3 Å². The van der Waals surface area contributed by atoms with Gasteiger partial charge in [0.25, 0.3) is 5.91 Å². The van der Waals surface area contributed by atoms with Crippen LogP contribution in [0.15, 0.2) is 24.3 Å². The molecule has 1 atom stereocenters. The lowest BCUT2D eigenvalue weighted by atomic mass is 9.87. The highest BCUT2D eigenvalue weighted by molar-refractivity contribution is 5.94. The Labute approximate surface area is 102 Å². The first-order valence-electron chi connectivity index (χ1n) is 6.15. The summed E-state index contributed by atoms with van der Waals surface area (Å²) in [6.07, 6.45) is 3.45. The summed E-state index contributed by atoms with van der Waals surface area (Å²) in [5.74, 6) is 0.00461. The zero-order valence-electron chi connectivity index (χ0n) is 10.5. The van der Waals surface area contributed by atoms with Gasteiger partial charge < -0.3 is 11.1 Å². The highest BCUT2D eigenvalue weighted by Gasteiger charge is 2.35. The third-order valence-corrected chi connectivity index (χ3v) is 3.74. The molecule has 1 fully saturated rings. The van der Waals surface area contributed by atoms with Gasteiger partial charge >= 0.3 is 0 Å². The summed E-state index contributed by atoms with van der Waals surface area (Å²) in [6.45, 7) is 4.43. The van der Waals surface area contributed by atoms with Crippen LogP contribution in [0.1, 0.15) is 43.5 Å². The number of nitrogen functional groups attached to an aromatic ring is 1. The number of benzene rings is 1. The maximum absolute atomic E-state index is 12.0. The van der Waals surface area contributed by atoms with Crippen LogP contribution in [0.25, 0.3) is 0 Å². The number of rotatable bonds is 2. The van der Waals surface area contributed by atoms with Crippen LogP contribution >= 0.6 is 0 Å². The molecule has 3 N–H and O–H groups in total. The number of carbonyl (C=O) groups excluding carboxylic acids is 1. The van der Waals surface area contributed by atoms with Gasteiger partial charge in [0.05, 0.1) is 0 Å². The Kier molecular flexibility index (Phi) is 3.09. The van der Waals surface area contributed by atoms with E-state index in [2.05, 4.69) is 19.2 Å². The van der Waals surface area contributed by atoms with Gasteiger partial charge in [-0.1, -0.05) is 20.3 Å². The van der Waals surface area contributed by atoms with Crippen molar-refractivity contribution in [1.29, 1.82) is 0 Å². The Morgan fingerprint density at radius 2 is 2.00 bits per heavy atom. The van der Waals surface area contributed by atoms with Gasteiger partial charge in [-0.15, -0.1) is 0 Å². The molecule has 0 spiro atoms. The van der Waals surface area contributed by atoms with E-state index in [4.69, 9.17) is 5.73 Å². The van der Waals surface area contributed by atoms with Gasteiger partial charge in [0.2, 0.25) is 0 Å². The summed E-state index contributed by atoms with van der Waals surface area (Å²) in [5.41, 5.74) is 7.18. The van der Waals surface area contributed by atoms with Crippen LogP contribution in [0, 0.1) is 5.41 Å². The second kappa shape index (κ2) is 4.40. The number of anilines is 1. The average molecular weight is 232 g/mol. The molecular weight excluding hydrogens is 212 g/mol. The lowest BCUT2D eigenvalue weighted by Gasteiger charge is -2.27. The fourth-order valence-corrected chi connectivity index (χ4v) is 2.47. The second-order valence-electron chi connectivity index (χ2n) is 5.53. The summed E-state index contributed by atoms with van der Waals surface area (Å²) in [7, 11) is 0. The molecule has 0 heterocycles. The lowest BCUT2D eigenvalue weighted by molar-refractivity contribution is 0.0910. The molecule has 2 rings (SSSR count). The first-order valence-corrected chi connectivity index (χ1v) is 6.15. The van der Waals surface area contributed by atoms with Gasteiger partial charge in [-0.25, -0.2) is 0 Å². The van der Waals surface area contributed by atoms with Crippen LogP contribution in [0.2, 0.25) is 0 Å². The molecular formula is C14H20N2O. The molecule has 1 aromatic carbocycles. The highest BCUT2D eigenvalue weighted by atomic mass is 16.1.